The van der Waals surface area contributed by atoms with Crippen molar-refractivity contribution in [3.8, 4) is 6.07 Å². The van der Waals surface area contributed by atoms with Crippen LogP contribution in [0.5, 0.6) is 0 Å². The highest BCUT2D eigenvalue weighted by atomic mass is 19.1. The van der Waals surface area contributed by atoms with Crippen LogP contribution < -0.4 is 4.90 Å². The fraction of sp³-hybridized carbons (Fsp3) is 0.286. The Morgan fingerprint density at radius 3 is 2.93 bits per heavy atom. The molecule has 8 nitrogen and oxygen atoms in total. The summed E-state index contributed by atoms with van der Waals surface area (Å²) in [6.45, 7) is -0.115. The van der Waals surface area contributed by atoms with Crippen LogP contribution in [0, 0.1) is 11.3 Å². The van der Waals surface area contributed by atoms with E-state index in [0.717, 1.165) is 11.0 Å². The number of rotatable bonds is 8. The summed E-state index contributed by atoms with van der Waals surface area (Å²) in [6, 6.07) is 13.3. The molecule has 0 unspecified atom stereocenters. The fourth-order valence-corrected chi connectivity index (χ4v) is 3.47. The van der Waals surface area contributed by atoms with E-state index in [0.29, 0.717) is 36.6 Å². The van der Waals surface area contributed by atoms with Gasteiger partial charge < -0.3 is 9.40 Å². The smallest absolute Gasteiger partial charge is 0.282 e. The number of para-hydroxylation sites is 2. The number of amides is 1. The molecule has 152 valence electrons. The zero-order chi connectivity index (χ0) is 20.9. The number of pyridine rings is 1. The van der Waals surface area contributed by atoms with Crippen molar-refractivity contribution in [2.45, 2.75) is 25.9 Å². The van der Waals surface area contributed by atoms with Crippen molar-refractivity contribution in [1.29, 1.82) is 5.26 Å². The topological polar surface area (TPSA) is 96.4 Å². The van der Waals surface area contributed by atoms with Crippen LogP contribution in [0.15, 0.2) is 47.8 Å². The lowest BCUT2D eigenvalue weighted by atomic mass is 10.2. The van der Waals surface area contributed by atoms with E-state index in [-0.39, 0.29) is 24.8 Å². The number of nitrogens with zero attached hydrogens (tertiary/aromatic N) is 6. The van der Waals surface area contributed by atoms with E-state index in [2.05, 4.69) is 16.2 Å². The first-order chi connectivity index (χ1) is 14.7. The Morgan fingerprint density at radius 2 is 2.10 bits per heavy atom. The number of halogens is 1. The molecular formula is C21H19FN6O2. The number of fused-ring (bicyclic) bond motifs is 2. The Morgan fingerprint density at radius 1 is 1.23 bits per heavy atom. The zero-order valence-electron chi connectivity index (χ0n) is 16.2. The largest absolute Gasteiger partial charge is 0.392 e. The maximum absolute atomic E-state index is 13.0. The SMILES string of the molecule is N#CCCCn1c(CN2C(=O)C(=NOCCF)c3cccnc32)nc2ccccc21. The van der Waals surface area contributed by atoms with Crippen LogP contribution in [0.1, 0.15) is 24.2 Å². The molecule has 2 aromatic heterocycles. The van der Waals surface area contributed by atoms with Crippen molar-refractivity contribution in [2.24, 2.45) is 5.16 Å². The van der Waals surface area contributed by atoms with Gasteiger partial charge in [-0.1, -0.05) is 17.3 Å². The fourth-order valence-electron chi connectivity index (χ4n) is 3.47. The second-order valence-corrected chi connectivity index (χ2v) is 6.66. The van der Waals surface area contributed by atoms with E-state index in [9.17, 15) is 9.18 Å². The van der Waals surface area contributed by atoms with Crippen LogP contribution in [0.2, 0.25) is 0 Å². The summed E-state index contributed by atoms with van der Waals surface area (Å²) in [5.74, 6) is 0.768. The van der Waals surface area contributed by atoms with Gasteiger partial charge in [0.05, 0.1) is 29.2 Å². The second-order valence-electron chi connectivity index (χ2n) is 6.66. The third kappa shape index (κ3) is 3.59. The quantitative estimate of drug-likeness (QED) is 0.423. The van der Waals surface area contributed by atoms with Gasteiger partial charge in [0.1, 0.15) is 24.9 Å². The van der Waals surface area contributed by atoms with Gasteiger partial charge in [0.25, 0.3) is 5.91 Å². The molecule has 0 spiro atoms. The average Bonchev–Trinajstić information content (AvgIpc) is 3.25. The molecule has 1 amide bonds. The molecular weight excluding hydrogens is 387 g/mol. The van der Waals surface area contributed by atoms with E-state index in [1.165, 1.54) is 4.90 Å². The molecule has 0 saturated carbocycles. The number of alkyl halides is 1. The van der Waals surface area contributed by atoms with Crippen molar-refractivity contribution in [2.75, 3.05) is 18.2 Å². The minimum absolute atomic E-state index is 0.0960. The molecule has 4 rings (SSSR count). The minimum Gasteiger partial charge on any atom is -0.392 e. The van der Waals surface area contributed by atoms with Crippen LogP contribution in [0.3, 0.4) is 0 Å². The number of carbonyl (C=O) groups is 1. The number of aryl methyl sites for hydroxylation is 1. The van der Waals surface area contributed by atoms with E-state index in [1.807, 2.05) is 28.8 Å². The molecule has 0 aliphatic carbocycles. The van der Waals surface area contributed by atoms with Crippen LogP contribution in [0.4, 0.5) is 10.2 Å². The van der Waals surface area contributed by atoms with E-state index in [4.69, 9.17) is 15.1 Å². The molecule has 0 bridgehead atoms. The summed E-state index contributed by atoms with van der Waals surface area (Å²) in [4.78, 5) is 28.5. The lowest BCUT2D eigenvalue weighted by Gasteiger charge is -2.16. The normalized spacial score (nSPS) is 14.3. The summed E-state index contributed by atoms with van der Waals surface area (Å²) < 4.78 is 14.4. The lowest BCUT2D eigenvalue weighted by Crippen LogP contribution is -2.31. The molecule has 0 saturated heterocycles. The van der Waals surface area contributed by atoms with E-state index in [1.54, 1.807) is 18.3 Å². The number of imidazole rings is 1. The minimum atomic E-state index is -0.693. The maximum Gasteiger partial charge on any atom is 0.282 e. The van der Waals surface area contributed by atoms with Gasteiger partial charge in [0.2, 0.25) is 0 Å². The molecule has 30 heavy (non-hydrogen) atoms. The van der Waals surface area contributed by atoms with Crippen LogP contribution in [-0.2, 0) is 22.7 Å². The van der Waals surface area contributed by atoms with Gasteiger partial charge in [-0.15, -0.1) is 0 Å². The predicted octanol–water partition coefficient (Wildman–Crippen LogP) is 2.97. The third-order valence-corrected chi connectivity index (χ3v) is 4.77. The third-order valence-electron chi connectivity index (χ3n) is 4.77. The van der Waals surface area contributed by atoms with Crippen molar-refractivity contribution >= 4 is 28.5 Å². The van der Waals surface area contributed by atoms with Crippen molar-refractivity contribution in [1.82, 2.24) is 14.5 Å². The van der Waals surface area contributed by atoms with Gasteiger partial charge in [0, 0.05) is 19.2 Å². The Hall–Kier alpha value is -3.80. The molecule has 0 radical (unpaired) electrons. The molecule has 9 heteroatoms. The molecule has 0 fully saturated rings. The number of oxime groups is 1. The molecule has 0 atom stereocenters. The number of hydrogen-bond acceptors (Lipinski definition) is 6. The predicted molar refractivity (Wildman–Crippen MR) is 108 cm³/mol. The average molecular weight is 406 g/mol. The number of aromatic nitrogens is 3. The highest BCUT2D eigenvalue weighted by molar-refractivity contribution is 6.53. The molecule has 0 N–H and O–H groups in total. The Kier molecular flexibility index (Phi) is 5.66. The second kappa shape index (κ2) is 8.69. The summed E-state index contributed by atoms with van der Waals surface area (Å²) in [6.07, 6.45) is 2.71. The number of unbranched alkanes of at least 4 members (excludes halogenated alkanes) is 1. The monoisotopic (exact) mass is 406 g/mol. The first-order valence-electron chi connectivity index (χ1n) is 9.59. The summed E-state index contributed by atoms with van der Waals surface area (Å²) in [7, 11) is 0. The van der Waals surface area contributed by atoms with Gasteiger partial charge in [-0.2, -0.15) is 5.26 Å². The first-order valence-corrected chi connectivity index (χ1v) is 9.59. The number of hydrogen-bond donors (Lipinski definition) is 0. The molecule has 1 aliphatic rings. The summed E-state index contributed by atoms with van der Waals surface area (Å²) in [5, 5.41) is 12.7. The van der Waals surface area contributed by atoms with Crippen molar-refractivity contribution < 1.29 is 14.0 Å². The summed E-state index contributed by atoms with van der Waals surface area (Å²) in [5.41, 5.74) is 2.39. The van der Waals surface area contributed by atoms with E-state index < -0.39 is 6.67 Å². The number of anilines is 1. The molecule has 3 aromatic rings. The molecule has 1 aliphatic heterocycles. The van der Waals surface area contributed by atoms with Gasteiger partial charge in [-0.3, -0.25) is 9.69 Å². The van der Waals surface area contributed by atoms with E-state index >= 15 is 0 Å². The highest BCUT2D eigenvalue weighted by Crippen LogP contribution is 2.29. The lowest BCUT2D eigenvalue weighted by molar-refractivity contribution is -0.112. The van der Waals surface area contributed by atoms with Crippen LogP contribution in [0.25, 0.3) is 11.0 Å². The van der Waals surface area contributed by atoms with Gasteiger partial charge in [-0.05, 0) is 30.7 Å². The van der Waals surface area contributed by atoms with Gasteiger partial charge >= 0.3 is 0 Å². The van der Waals surface area contributed by atoms with Gasteiger partial charge in [-0.25, -0.2) is 14.4 Å². The Bertz CT molecular complexity index is 1150. The molecule has 1 aromatic carbocycles. The number of nitriles is 1. The standard InChI is InChI=1S/C21H19FN6O2/c22-9-13-30-26-19-15-6-5-11-24-20(15)28(21(19)29)14-18-25-16-7-1-2-8-17(16)27(18)12-4-3-10-23/h1-2,5-8,11H,3-4,9,12-14H2. The van der Waals surface area contributed by atoms with Crippen LogP contribution >= 0.6 is 0 Å². The Labute approximate surface area is 172 Å². The number of carbonyl (C=O) groups excluding carboxylic acids is 1. The van der Waals surface area contributed by atoms with Crippen LogP contribution in [-0.4, -0.2) is 39.4 Å². The maximum atomic E-state index is 13.0. The Balaban J connectivity index is 1.69. The van der Waals surface area contributed by atoms with Crippen molar-refractivity contribution in [3.63, 3.8) is 0 Å². The van der Waals surface area contributed by atoms with Crippen molar-refractivity contribution in [3.05, 3.63) is 54.0 Å². The van der Waals surface area contributed by atoms with Gasteiger partial charge in [0.15, 0.2) is 5.71 Å². The highest BCUT2D eigenvalue weighted by Gasteiger charge is 2.36. The summed E-state index contributed by atoms with van der Waals surface area (Å²) >= 11 is 0. The first kappa shape index (κ1) is 19.5. The zero-order valence-corrected chi connectivity index (χ0v) is 16.2. The number of benzene rings is 1. The molecule has 3 heterocycles.